The van der Waals surface area contributed by atoms with Gasteiger partial charge in [0, 0.05) is 37.2 Å². The zero-order valence-electron chi connectivity index (χ0n) is 71.7. The largest absolute Gasteiger partial charge is 0.473 e. The van der Waals surface area contributed by atoms with Crippen LogP contribution in [-0.4, -0.2) is 55.7 Å². The Morgan fingerprint density at radius 3 is 0.637 bits per heavy atom. The van der Waals surface area contributed by atoms with Crippen molar-refractivity contribution in [3.05, 3.63) is 134 Å². The Morgan fingerprint density at radius 1 is 0.264 bits per heavy atom. The van der Waals surface area contributed by atoms with E-state index in [0.717, 1.165) is 41.4 Å². The van der Waals surface area contributed by atoms with Crippen LogP contribution in [0.1, 0.15) is 339 Å². The van der Waals surface area contributed by atoms with Crippen LogP contribution in [0.5, 0.6) is 0 Å². The van der Waals surface area contributed by atoms with Gasteiger partial charge in [-0.1, -0.05) is 351 Å². The Morgan fingerprint density at radius 2 is 0.560 bits per heavy atom. The van der Waals surface area contributed by atoms with Crippen LogP contribution < -0.4 is 0 Å². The minimum Gasteiger partial charge on any atom is -0.473 e. The number of hydrogen-bond acceptors (Lipinski definition) is 8. The maximum absolute atomic E-state index is 4.58. The van der Waals surface area contributed by atoms with E-state index < -0.39 is 0 Å². The molecule has 12 nitrogen and oxygen atoms in total. The van der Waals surface area contributed by atoms with Crippen LogP contribution in [-0.2, 0) is 0 Å². The monoisotopic (exact) mass is 1320 g/mol. The van der Waals surface area contributed by atoms with Crippen LogP contribution in [0, 0.1) is 41.4 Å². The van der Waals surface area contributed by atoms with E-state index in [4.69, 9.17) is 0 Å². The summed E-state index contributed by atoms with van der Waals surface area (Å²) in [5.41, 5.74) is 0. The summed E-state index contributed by atoms with van der Waals surface area (Å²) in [7, 11) is 0. The van der Waals surface area contributed by atoms with Gasteiger partial charge in [-0.25, -0.2) is 9.97 Å². The molecule has 560 valence electrons. The maximum Gasteiger partial charge on any atom is 0.137 e. The summed E-state index contributed by atoms with van der Waals surface area (Å²) in [6.07, 6.45) is 21.7. The molecular weight excluding hydrogens is 1140 g/mol. The second-order valence-corrected chi connectivity index (χ2v) is 18.2. The molecule has 7 aromatic heterocycles. The number of rotatable bonds is 0. The van der Waals surface area contributed by atoms with Gasteiger partial charge in [0.2, 0.25) is 0 Å². The normalized spacial score (nSPS) is 6.77. The molecule has 7 heterocycles. The number of aromatic nitrogens is 11. The van der Waals surface area contributed by atoms with E-state index in [1.807, 2.05) is 259 Å². The fourth-order valence-electron chi connectivity index (χ4n) is 1.50. The number of nitrogens with one attached hydrogen (secondary N) is 5. The van der Waals surface area contributed by atoms with Crippen molar-refractivity contribution in [2.45, 2.75) is 339 Å². The van der Waals surface area contributed by atoms with Crippen molar-refractivity contribution in [3.8, 4) is 0 Å². The third-order valence-electron chi connectivity index (χ3n) is 2.82. The molecule has 0 unspecified atom stereocenters. The molecule has 0 aliphatic heterocycles. The molecule has 0 saturated heterocycles. The first-order valence-electron chi connectivity index (χ1n) is 36.1. The molecule has 0 aliphatic rings. The van der Waals surface area contributed by atoms with Crippen molar-refractivity contribution in [1.82, 2.24) is 55.7 Å². The molecule has 5 N–H and O–H groups in total. The van der Waals surface area contributed by atoms with Crippen LogP contribution >= 0.6 is 11.3 Å². The van der Waals surface area contributed by atoms with Crippen LogP contribution in [0.2, 0.25) is 0 Å². The van der Waals surface area contributed by atoms with Crippen molar-refractivity contribution in [1.29, 1.82) is 0 Å². The molecule has 0 aliphatic carbocycles. The summed E-state index contributed by atoms with van der Waals surface area (Å²) < 4.78 is 4.58. The van der Waals surface area contributed by atoms with Gasteiger partial charge in [-0.2, -0.15) is 36.9 Å². The molecule has 0 spiro atoms. The van der Waals surface area contributed by atoms with Gasteiger partial charge in [-0.05, 0) is 82.5 Å². The minimum absolute atomic E-state index is 0.833. The zero-order chi connectivity index (χ0) is 77.8. The lowest BCUT2D eigenvalue weighted by Gasteiger charge is -1.79. The molecule has 0 aromatic carbocycles. The van der Waals surface area contributed by atoms with E-state index in [0.29, 0.717) is 0 Å². The van der Waals surface area contributed by atoms with Crippen molar-refractivity contribution in [2.75, 3.05) is 0 Å². The van der Waals surface area contributed by atoms with Crippen LogP contribution in [0.15, 0.2) is 139 Å². The van der Waals surface area contributed by atoms with Gasteiger partial charge in [0.1, 0.15) is 12.7 Å². The number of furan rings is 1. The Kier molecular flexibility index (Phi) is 373. The molecule has 0 atom stereocenters. The van der Waals surface area contributed by atoms with Gasteiger partial charge >= 0.3 is 0 Å². The second-order valence-electron chi connectivity index (χ2n) is 17.4. The van der Waals surface area contributed by atoms with E-state index in [1.54, 1.807) is 67.4 Å². The van der Waals surface area contributed by atoms with Gasteiger partial charge < -0.3 is 14.4 Å². The third-order valence-corrected chi connectivity index (χ3v) is 3.45. The van der Waals surface area contributed by atoms with Crippen LogP contribution in [0.4, 0.5) is 0 Å². The molecule has 0 fully saturated rings. The first-order valence-corrected chi connectivity index (χ1v) is 37.0. The Bertz CT molecular complexity index is 966. The lowest BCUT2D eigenvalue weighted by Crippen LogP contribution is -1.66. The Labute approximate surface area is 583 Å². The van der Waals surface area contributed by atoms with Crippen molar-refractivity contribution < 1.29 is 4.42 Å². The number of imidazole rings is 1. The second kappa shape index (κ2) is 231. The Hall–Kier alpha value is -5.04. The first kappa shape index (κ1) is 147. The lowest BCUT2D eigenvalue weighted by molar-refractivity contribution is 0.567. The van der Waals surface area contributed by atoms with E-state index in [-0.39, 0.29) is 0 Å². The highest BCUT2D eigenvalue weighted by molar-refractivity contribution is 7.07. The summed E-state index contributed by atoms with van der Waals surface area (Å²) >= 11 is 1.71. The maximum atomic E-state index is 4.58. The first-order chi connectivity index (χ1) is 43.6. The van der Waals surface area contributed by atoms with Gasteiger partial charge in [0.25, 0.3) is 0 Å². The smallest absolute Gasteiger partial charge is 0.137 e. The summed E-state index contributed by atoms with van der Waals surface area (Å²) in [6.45, 7) is 102. The fraction of sp³-hybridized carbons (Fsp3) is 0.718. The molecule has 0 saturated carbocycles. The molecule has 0 bridgehead atoms. The summed E-state index contributed by atoms with van der Waals surface area (Å²) in [5.74, 6) is 5.83. The van der Waals surface area contributed by atoms with E-state index in [9.17, 15) is 0 Å². The van der Waals surface area contributed by atoms with E-state index in [1.165, 1.54) is 12.7 Å². The number of thiophene rings is 1. The van der Waals surface area contributed by atoms with Gasteiger partial charge in [-0.3, -0.25) is 10.2 Å². The number of H-pyrrole nitrogens is 5. The molecule has 7 aromatic rings. The van der Waals surface area contributed by atoms with Crippen molar-refractivity contribution in [3.63, 3.8) is 0 Å². The van der Waals surface area contributed by atoms with Crippen molar-refractivity contribution >= 4 is 11.3 Å². The highest BCUT2D eigenvalue weighted by Crippen LogP contribution is 1.91. The summed E-state index contributed by atoms with van der Waals surface area (Å²) in [5, 5.41) is 25.6. The average molecular weight is 1320 g/mol. The van der Waals surface area contributed by atoms with Gasteiger partial charge in [0.05, 0.1) is 31.2 Å². The highest BCUT2D eigenvalue weighted by Gasteiger charge is 1.71. The predicted molar refractivity (Wildman–Crippen MR) is 436 cm³/mol. The summed E-state index contributed by atoms with van der Waals surface area (Å²) in [4.78, 5) is 12.8. The van der Waals surface area contributed by atoms with Crippen LogP contribution in [0.3, 0.4) is 0 Å². The minimum atomic E-state index is 0.833. The molecule has 0 radical (unpaired) electrons. The SMILES string of the molecule is CC.CC.CC.CC.CC.CC.CC.CC.CC.CC.CC.CC.CC.CC.CC(C)C.CC(C)C.CC(C)C.CC(C)C.CC(C)C.CC(C)C.CC(C)C.c1c[nH]cn1.c1cc[nH]c1.c1ccoc1.c1ccsc1.c1cn[nH]c1.c1cn[nH]n1.c1nc[nH]n1. The fourth-order valence-corrected chi connectivity index (χ4v) is 1.95. The topological polar surface area (TPSA) is 169 Å². The number of hydrogen-bond donors (Lipinski definition) is 5. The molecule has 7 rings (SSSR count). The number of nitrogens with zero attached hydrogens (tertiary/aromatic N) is 6. The third kappa shape index (κ3) is 651. The standard InChI is InChI=1S/C4H5N.C4H4O.C4H4S.7C4H10.2C3H4N2.2C2H3N3.14C2H6/c3*1-2-4-5-3-1;7*1-4(2)3;1-2-5-3-4-1;1-2-4-5-3-1;1-3-2-5-4-1;1-2-4-5-3-1;14*1-2/h1-5H;2*1-4H;7*4H,1-3H3;2*1-3H,(H,4,5);2*1-2H,(H,3,4,5);14*1-2H3. The van der Waals surface area contributed by atoms with Gasteiger partial charge in [0.15, 0.2) is 0 Å². The van der Waals surface area contributed by atoms with E-state index in [2.05, 4.69) is 206 Å². The zero-order valence-corrected chi connectivity index (χ0v) is 72.6. The summed E-state index contributed by atoms with van der Waals surface area (Å²) in [6, 6.07) is 13.4. The molecular formula is C78H181N11OS. The predicted octanol–water partition coefficient (Wildman–Crippen LogP) is 30.5. The van der Waals surface area contributed by atoms with Gasteiger partial charge in [-0.15, -0.1) is 0 Å². The lowest BCUT2D eigenvalue weighted by atomic mass is 10.3. The molecule has 0 amide bonds. The highest BCUT2D eigenvalue weighted by atomic mass is 32.1. The molecule has 13 heteroatoms. The quantitative estimate of drug-likeness (QED) is 0.101. The average Bonchev–Trinajstić information content (AvgIpc) is 4.41. The Balaban J connectivity index is -0.0000000297. The van der Waals surface area contributed by atoms with Crippen molar-refractivity contribution in [2.24, 2.45) is 41.4 Å². The number of aromatic amines is 5. The molecule has 91 heavy (non-hydrogen) atoms. The van der Waals surface area contributed by atoms with E-state index >= 15 is 0 Å². The van der Waals surface area contributed by atoms with Crippen LogP contribution in [0.25, 0.3) is 0 Å².